The summed E-state index contributed by atoms with van der Waals surface area (Å²) < 4.78 is 5.33. The van der Waals surface area contributed by atoms with E-state index < -0.39 is 0 Å². The van der Waals surface area contributed by atoms with Crippen molar-refractivity contribution in [3.8, 4) is 0 Å². The van der Waals surface area contributed by atoms with Gasteiger partial charge in [0, 0.05) is 12.5 Å². The fraction of sp³-hybridized carbons (Fsp3) is 0.636. The molecule has 3 heteroatoms. The number of nitrogens with two attached hydrogens (primary N) is 1. The topological polar surface area (TPSA) is 51.2 Å². The molecule has 1 aliphatic rings. The third kappa shape index (κ3) is 2.59. The summed E-state index contributed by atoms with van der Waals surface area (Å²) in [7, 11) is 0. The molecule has 0 spiro atoms. The third-order valence-electron chi connectivity index (χ3n) is 2.80. The van der Waals surface area contributed by atoms with Crippen molar-refractivity contribution in [2.45, 2.75) is 44.3 Å². The van der Waals surface area contributed by atoms with Crippen LogP contribution < -0.4 is 11.1 Å². The van der Waals surface area contributed by atoms with Crippen molar-refractivity contribution in [3.05, 3.63) is 24.2 Å². The standard InChI is InChI=1S/C11H18N2O/c12-11-6-2-1-4-9(13-11)8-10-5-3-7-14-10/h3,5,7,9,11,13H,1-2,4,6,8,12H2. The number of nitrogens with one attached hydrogen (secondary N) is 1. The van der Waals surface area contributed by atoms with Gasteiger partial charge in [-0.1, -0.05) is 12.8 Å². The van der Waals surface area contributed by atoms with Gasteiger partial charge in [0.15, 0.2) is 0 Å². The van der Waals surface area contributed by atoms with Crippen molar-refractivity contribution in [2.24, 2.45) is 5.73 Å². The molecule has 1 aromatic rings. The minimum atomic E-state index is 0.164. The Kier molecular flexibility index (Phi) is 3.22. The minimum absolute atomic E-state index is 0.164. The van der Waals surface area contributed by atoms with Gasteiger partial charge < -0.3 is 10.2 Å². The van der Waals surface area contributed by atoms with Crippen molar-refractivity contribution in [1.82, 2.24) is 5.32 Å². The number of hydrogen-bond acceptors (Lipinski definition) is 3. The molecule has 0 saturated carbocycles. The first kappa shape index (κ1) is 9.74. The van der Waals surface area contributed by atoms with Crippen molar-refractivity contribution >= 4 is 0 Å². The molecule has 2 unspecified atom stereocenters. The molecule has 14 heavy (non-hydrogen) atoms. The molecule has 3 N–H and O–H groups in total. The van der Waals surface area contributed by atoms with Crippen LogP contribution >= 0.6 is 0 Å². The molecule has 1 saturated heterocycles. The van der Waals surface area contributed by atoms with Crippen LogP contribution in [0, 0.1) is 0 Å². The molecule has 1 aromatic heterocycles. The maximum atomic E-state index is 5.91. The van der Waals surface area contributed by atoms with E-state index in [1.54, 1.807) is 6.26 Å². The molecule has 2 atom stereocenters. The summed E-state index contributed by atoms with van der Waals surface area (Å²) >= 11 is 0. The summed E-state index contributed by atoms with van der Waals surface area (Å²) in [4.78, 5) is 0. The lowest BCUT2D eigenvalue weighted by Gasteiger charge is -2.18. The van der Waals surface area contributed by atoms with Crippen LogP contribution in [0.2, 0.25) is 0 Å². The van der Waals surface area contributed by atoms with Gasteiger partial charge in [-0.2, -0.15) is 0 Å². The van der Waals surface area contributed by atoms with E-state index >= 15 is 0 Å². The number of furan rings is 1. The van der Waals surface area contributed by atoms with Gasteiger partial charge in [0.2, 0.25) is 0 Å². The van der Waals surface area contributed by atoms with E-state index in [1.165, 1.54) is 19.3 Å². The fourth-order valence-corrected chi connectivity index (χ4v) is 2.06. The lowest BCUT2D eigenvalue weighted by atomic mass is 10.1. The molecule has 1 fully saturated rings. The van der Waals surface area contributed by atoms with Gasteiger partial charge in [0.25, 0.3) is 0 Å². The van der Waals surface area contributed by atoms with Gasteiger partial charge in [-0.05, 0) is 25.0 Å². The predicted octanol–water partition coefficient (Wildman–Crippen LogP) is 1.64. The molecule has 0 aromatic carbocycles. The van der Waals surface area contributed by atoms with Crippen LogP contribution in [0.1, 0.15) is 31.4 Å². The average Bonchev–Trinajstić information content (AvgIpc) is 2.56. The van der Waals surface area contributed by atoms with Gasteiger partial charge in [-0.15, -0.1) is 0 Å². The molecule has 1 aliphatic heterocycles. The molecular formula is C11H18N2O. The van der Waals surface area contributed by atoms with Crippen LogP contribution in [0.5, 0.6) is 0 Å². The molecule has 2 rings (SSSR count). The zero-order valence-electron chi connectivity index (χ0n) is 8.41. The second kappa shape index (κ2) is 4.62. The highest BCUT2D eigenvalue weighted by atomic mass is 16.3. The maximum absolute atomic E-state index is 5.91. The van der Waals surface area contributed by atoms with Crippen LogP contribution in [0.25, 0.3) is 0 Å². The monoisotopic (exact) mass is 194 g/mol. The van der Waals surface area contributed by atoms with Gasteiger partial charge in [0.1, 0.15) is 5.76 Å². The zero-order valence-corrected chi connectivity index (χ0v) is 8.41. The largest absolute Gasteiger partial charge is 0.469 e. The van der Waals surface area contributed by atoms with Gasteiger partial charge >= 0.3 is 0 Å². The van der Waals surface area contributed by atoms with Crippen LogP contribution in [0.3, 0.4) is 0 Å². The zero-order chi connectivity index (χ0) is 9.80. The summed E-state index contributed by atoms with van der Waals surface area (Å²) in [6.07, 6.45) is 7.66. The summed E-state index contributed by atoms with van der Waals surface area (Å²) in [6, 6.07) is 4.45. The van der Waals surface area contributed by atoms with Gasteiger partial charge in [-0.25, -0.2) is 0 Å². The summed E-state index contributed by atoms with van der Waals surface area (Å²) in [5, 5.41) is 3.43. The van der Waals surface area contributed by atoms with Crippen molar-refractivity contribution in [3.63, 3.8) is 0 Å². The maximum Gasteiger partial charge on any atom is 0.105 e. The third-order valence-corrected chi connectivity index (χ3v) is 2.80. The fourth-order valence-electron chi connectivity index (χ4n) is 2.06. The Hall–Kier alpha value is -0.800. The first-order chi connectivity index (χ1) is 6.84. The molecule has 0 aliphatic carbocycles. The average molecular weight is 194 g/mol. The summed E-state index contributed by atoms with van der Waals surface area (Å²) in [6.45, 7) is 0. The van der Waals surface area contributed by atoms with Crippen LogP contribution in [-0.2, 0) is 6.42 Å². The first-order valence-corrected chi connectivity index (χ1v) is 5.38. The molecule has 0 amide bonds. The van der Waals surface area contributed by atoms with E-state index in [9.17, 15) is 0 Å². The second-order valence-corrected chi connectivity index (χ2v) is 4.04. The van der Waals surface area contributed by atoms with Gasteiger partial charge in [0.05, 0.1) is 12.4 Å². The van der Waals surface area contributed by atoms with Crippen LogP contribution in [0.15, 0.2) is 22.8 Å². The van der Waals surface area contributed by atoms with E-state index in [4.69, 9.17) is 10.2 Å². The normalized spacial score (nSPS) is 28.6. The Bertz CT molecular complexity index is 258. The molecular weight excluding hydrogens is 176 g/mol. The number of rotatable bonds is 2. The molecule has 0 radical (unpaired) electrons. The lowest BCUT2D eigenvalue weighted by molar-refractivity contribution is 0.401. The Balaban J connectivity index is 1.90. The first-order valence-electron chi connectivity index (χ1n) is 5.38. The quantitative estimate of drug-likeness (QED) is 0.752. The molecule has 2 heterocycles. The Morgan fingerprint density at radius 2 is 2.29 bits per heavy atom. The predicted molar refractivity (Wildman–Crippen MR) is 55.8 cm³/mol. The SMILES string of the molecule is NC1CCCCC(Cc2ccco2)N1. The van der Waals surface area contributed by atoms with Crippen molar-refractivity contribution < 1.29 is 4.42 Å². The highest BCUT2D eigenvalue weighted by molar-refractivity contribution is 5.00. The summed E-state index contributed by atoms with van der Waals surface area (Å²) in [5.74, 6) is 1.05. The van der Waals surface area contributed by atoms with E-state index in [2.05, 4.69) is 5.32 Å². The van der Waals surface area contributed by atoms with Gasteiger partial charge in [-0.3, -0.25) is 5.32 Å². The van der Waals surface area contributed by atoms with Crippen molar-refractivity contribution in [1.29, 1.82) is 0 Å². The van der Waals surface area contributed by atoms with E-state index in [1.807, 2.05) is 12.1 Å². The van der Waals surface area contributed by atoms with Crippen molar-refractivity contribution in [2.75, 3.05) is 0 Å². The van der Waals surface area contributed by atoms with E-state index in [0.717, 1.165) is 18.6 Å². The Morgan fingerprint density at radius 3 is 3.07 bits per heavy atom. The molecule has 0 bridgehead atoms. The summed E-state index contributed by atoms with van der Waals surface area (Å²) in [5.41, 5.74) is 5.91. The molecule has 78 valence electrons. The highest BCUT2D eigenvalue weighted by Gasteiger charge is 2.17. The van der Waals surface area contributed by atoms with Crippen LogP contribution in [0.4, 0.5) is 0 Å². The second-order valence-electron chi connectivity index (χ2n) is 4.04. The van der Waals surface area contributed by atoms with E-state index in [-0.39, 0.29) is 6.17 Å². The smallest absolute Gasteiger partial charge is 0.105 e. The lowest BCUT2D eigenvalue weighted by Crippen LogP contribution is -2.43. The molecule has 3 nitrogen and oxygen atoms in total. The Morgan fingerprint density at radius 1 is 1.43 bits per heavy atom. The van der Waals surface area contributed by atoms with E-state index in [0.29, 0.717) is 6.04 Å². The highest BCUT2D eigenvalue weighted by Crippen LogP contribution is 2.14. The number of hydrogen-bond donors (Lipinski definition) is 2. The Labute approximate surface area is 84.7 Å². The minimum Gasteiger partial charge on any atom is -0.469 e. The van der Waals surface area contributed by atoms with Crippen LogP contribution in [-0.4, -0.2) is 12.2 Å².